The van der Waals surface area contributed by atoms with Gasteiger partial charge in [-0.15, -0.1) is 11.8 Å². The Morgan fingerprint density at radius 2 is 1.68 bits per heavy atom. The highest BCUT2D eigenvalue weighted by Crippen LogP contribution is 2.24. The zero-order chi connectivity index (χ0) is 18.2. The molecule has 1 aliphatic rings. The maximum absolute atomic E-state index is 12.6. The van der Waals surface area contributed by atoms with Crippen LogP contribution in [0.5, 0.6) is 0 Å². The van der Waals surface area contributed by atoms with Gasteiger partial charge in [0.15, 0.2) is 0 Å². The molecule has 1 aliphatic heterocycles. The second kappa shape index (κ2) is 9.82. The first-order chi connectivity index (χ1) is 12.0. The lowest BCUT2D eigenvalue weighted by Gasteiger charge is -2.36. The van der Waals surface area contributed by atoms with Gasteiger partial charge in [0.05, 0.1) is 11.8 Å². The normalized spacial score (nSPS) is 16.5. The molecule has 2 amide bonds. The topological polar surface area (TPSA) is 43.9 Å². The molecule has 0 aliphatic carbocycles. The van der Waals surface area contributed by atoms with Crippen LogP contribution in [0.1, 0.15) is 20.8 Å². The lowest BCUT2D eigenvalue weighted by molar-refractivity contribution is -0.134. The van der Waals surface area contributed by atoms with E-state index in [4.69, 9.17) is 0 Å². The largest absolute Gasteiger partial charge is 0.342 e. The lowest BCUT2D eigenvalue weighted by atomic mass is 10.2. The molecule has 0 radical (unpaired) electrons. The van der Waals surface area contributed by atoms with Crippen molar-refractivity contribution in [3.05, 3.63) is 30.3 Å². The van der Waals surface area contributed by atoms with Crippen molar-refractivity contribution in [3.63, 3.8) is 0 Å². The van der Waals surface area contributed by atoms with Gasteiger partial charge in [-0.05, 0) is 32.9 Å². The van der Waals surface area contributed by atoms with E-state index in [1.165, 1.54) is 0 Å². The molecule has 5 nitrogen and oxygen atoms in total. The molecule has 0 saturated carbocycles. The van der Waals surface area contributed by atoms with Gasteiger partial charge < -0.3 is 9.80 Å². The summed E-state index contributed by atoms with van der Waals surface area (Å²) in [6.45, 7) is 10.9. The molecule has 1 unspecified atom stereocenters. The van der Waals surface area contributed by atoms with Gasteiger partial charge in [0.2, 0.25) is 11.8 Å². The minimum Gasteiger partial charge on any atom is -0.342 e. The van der Waals surface area contributed by atoms with Crippen molar-refractivity contribution < 1.29 is 9.59 Å². The summed E-state index contributed by atoms with van der Waals surface area (Å²) in [5.41, 5.74) is 0. The Bertz CT molecular complexity index is 555. The summed E-state index contributed by atoms with van der Waals surface area (Å²) in [4.78, 5) is 31.9. The summed E-state index contributed by atoms with van der Waals surface area (Å²) >= 11 is 1.60. The number of carbonyl (C=O) groups excluding carboxylic acids is 2. The summed E-state index contributed by atoms with van der Waals surface area (Å²) in [6.07, 6.45) is 0. The third kappa shape index (κ3) is 5.75. The Morgan fingerprint density at radius 3 is 2.24 bits per heavy atom. The monoisotopic (exact) mass is 363 g/mol. The van der Waals surface area contributed by atoms with Gasteiger partial charge in [0, 0.05) is 44.2 Å². The van der Waals surface area contributed by atoms with Crippen LogP contribution >= 0.6 is 11.8 Å². The molecule has 1 atom stereocenters. The Balaban J connectivity index is 1.79. The molecule has 1 saturated heterocycles. The van der Waals surface area contributed by atoms with E-state index in [2.05, 4.69) is 4.90 Å². The zero-order valence-electron chi connectivity index (χ0n) is 15.5. The van der Waals surface area contributed by atoms with Crippen LogP contribution in [-0.4, -0.2) is 77.6 Å². The molecule has 1 aromatic rings. The smallest absolute Gasteiger partial charge is 0.236 e. The maximum atomic E-state index is 12.6. The molecule has 1 fully saturated rings. The third-order valence-electron chi connectivity index (χ3n) is 4.56. The van der Waals surface area contributed by atoms with Crippen LogP contribution in [0.4, 0.5) is 0 Å². The number of thioether (sulfide) groups is 1. The highest BCUT2D eigenvalue weighted by Gasteiger charge is 2.26. The molecule has 6 heteroatoms. The van der Waals surface area contributed by atoms with E-state index >= 15 is 0 Å². The first kappa shape index (κ1) is 19.8. The Hall–Kier alpha value is -1.53. The predicted octanol–water partition coefficient (Wildman–Crippen LogP) is 2.18. The van der Waals surface area contributed by atoms with E-state index in [0.29, 0.717) is 19.6 Å². The van der Waals surface area contributed by atoms with E-state index < -0.39 is 0 Å². The van der Waals surface area contributed by atoms with Gasteiger partial charge in [-0.3, -0.25) is 14.5 Å². The van der Waals surface area contributed by atoms with Crippen LogP contribution in [0.15, 0.2) is 35.2 Å². The first-order valence-electron chi connectivity index (χ1n) is 9.05. The minimum absolute atomic E-state index is 0.0914. The van der Waals surface area contributed by atoms with Crippen molar-refractivity contribution in [1.82, 2.24) is 14.7 Å². The van der Waals surface area contributed by atoms with Crippen LogP contribution in [0.2, 0.25) is 0 Å². The average Bonchev–Trinajstić information content (AvgIpc) is 2.63. The van der Waals surface area contributed by atoms with Crippen molar-refractivity contribution in [2.24, 2.45) is 0 Å². The molecule has 2 rings (SSSR count). The van der Waals surface area contributed by atoms with Gasteiger partial charge in [-0.25, -0.2) is 0 Å². The van der Waals surface area contributed by atoms with Gasteiger partial charge in [-0.1, -0.05) is 18.2 Å². The maximum Gasteiger partial charge on any atom is 0.236 e. The van der Waals surface area contributed by atoms with Crippen molar-refractivity contribution in [3.8, 4) is 0 Å². The second-order valence-corrected chi connectivity index (χ2v) is 7.65. The van der Waals surface area contributed by atoms with Gasteiger partial charge in [0.25, 0.3) is 0 Å². The van der Waals surface area contributed by atoms with E-state index in [1.54, 1.807) is 11.8 Å². The number of rotatable bonds is 7. The fourth-order valence-corrected chi connectivity index (χ4v) is 3.98. The molecular weight excluding hydrogens is 334 g/mol. The van der Waals surface area contributed by atoms with Gasteiger partial charge >= 0.3 is 0 Å². The first-order valence-corrected chi connectivity index (χ1v) is 9.93. The highest BCUT2D eigenvalue weighted by molar-refractivity contribution is 8.00. The fourth-order valence-electron chi connectivity index (χ4n) is 3.00. The SMILES string of the molecule is CCN(CC)C(=O)CN1CCN(C(=O)C(C)Sc2ccccc2)CC1. The molecule has 1 aromatic carbocycles. The average molecular weight is 364 g/mol. The van der Waals surface area contributed by atoms with Crippen LogP contribution in [-0.2, 0) is 9.59 Å². The minimum atomic E-state index is -0.0914. The number of piperazine rings is 1. The Labute approximate surface area is 155 Å². The van der Waals surface area contributed by atoms with Crippen LogP contribution in [0.25, 0.3) is 0 Å². The summed E-state index contributed by atoms with van der Waals surface area (Å²) in [5, 5.41) is -0.0914. The molecule has 138 valence electrons. The number of likely N-dealkylation sites (N-methyl/N-ethyl adjacent to an activating group) is 1. The molecule has 1 heterocycles. The molecule has 0 N–H and O–H groups in total. The standard InChI is InChI=1S/C19H29N3O2S/c1-4-21(5-2)18(23)15-20-11-13-22(14-12-20)19(24)16(3)25-17-9-7-6-8-10-17/h6-10,16H,4-5,11-15H2,1-3H3. The van der Waals surface area contributed by atoms with E-state index in [1.807, 2.05) is 60.9 Å². The number of hydrogen-bond acceptors (Lipinski definition) is 4. The quantitative estimate of drug-likeness (QED) is 0.697. The molecule has 25 heavy (non-hydrogen) atoms. The van der Waals surface area contributed by atoms with Crippen molar-refractivity contribution in [2.45, 2.75) is 30.9 Å². The number of amides is 2. The van der Waals surface area contributed by atoms with Crippen molar-refractivity contribution in [2.75, 3.05) is 45.8 Å². The molecule has 0 spiro atoms. The van der Waals surface area contributed by atoms with Gasteiger partial charge in [-0.2, -0.15) is 0 Å². The van der Waals surface area contributed by atoms with Crippen LogP contribution in [0, 0.1) is 0 Å². The van der Waals surface area contributed by atoms with Crippen LogP contribution in [0.3, 0.4) is 0 Å². The number of carbonyl (C=O) groups is 2. The van der Waals surface area contributed by atoms with Crippen LogP contribution < -0.4 is 0 Å². The fraction of sp³-hybridized carbons (Fsp3) is 0.579. The van der Waals surface area contributed by atoms with E-state index in [-0.39, 0.29) is 17.1 Å². The Kier molecular flexibility index (Phi) is 7.78. The van der Waals surface area contributed by atoms with Gasteiger partial charge in [0.1, 0.15) is 0 Å². The van der Waals surface area contributed by atoms with E-state index in [9.17, 15) is 9.59 Å². The summed E-state index contributed by atoms with van der Waals surface area (Å²) in [6, 6.07) is 10.0. The van der Waals surface area contributed by atoms with E-state index in [0.717, 1.165) is 31.1 Å². The number of nitrogens with zero attached hydrogens (tertiary/aromatic N) is 3. The summed E-state index contributed by atoms with van der Waals surface area (Å²) in [7, 11) is 0. The second-order valence-electron chi connectivity index (χ2n) is 6.24. The molecule has 0 bridgehead atoms. The molecular formula is C19H29N3O2S. The summed E-state index contributed by atoms with van der Waals surface area (Å²) < 4.78 is 0. The van der Waals surface area contributed by atoms with Crippen molar-refractivity contribution in [1.29, 1.82) is 0 Å². The highest BCUT2D eigenvalue weighted by atomic mass is 32.2. The zero-order valence-corrected chi connectivity index (χ0v) is 16.3. The number of benzene rings is 1. The number of hydrogen-bond donors (Lipinski definition) is 0. The van der Waals surface area contributed by atoms with Crippen molar-refractivity contribution >= 4 is 23.6 Å². The molecule has 0 aromatic heterocycles. The third-order valence-corrected chi connectivity index (χ3v) is 5.66. The predicted molar refractivity (Wildman–Crippen MR) is 103 cm³/mol. The Morgan fingerprint density at radius 1 is 1.08 bits per heavy atom. The summed E-state index contributed by atoms with van der Waals surface area (Å²) in [5.74, 6) is 0.362. The lowest BCUT2D eigenvalue weighted by Crippen LogP contribution is -2.52.